The Labute approximate surface area is 255 Å². The largest absolute Gasteiger partial charge is 0.506 e. The quantitative estimate of drug-likeness (QED) is 0.203. The predicted octanol–water partition coefficient (Wildman–Crippen LogP) is 6.27. The van der Waals surface area contributed by atoms with Crippen molar-refractivity contribution in [3.8, 4) is 29.6 Å². The van der Waals surface area contributed by atoms with Crippen molar-refractivity contribution < 1.29 is 15.3 Å². The fourth-order valence-corrected chi connectivity index (χ4v) is 5.54. The van der Waals surface area contributed by atoms with Gasteiger partial charge in [-0.3, -0.25) is 18.8 Å². The summed E-state index contributed by atoms with van der Waals surface area (Å²) >= 11 is 0. The van der Waals surface area contributed by atoms with Gasteiger partial charge in [0.05, 0.1) is 50.0 Å². The number of aliphatic imine (C=N–C) groups is 2. The number of aromatic nitrogens is 4. The summed E-state index contributed by atoms with van der Waals surface area (Å²) in [5.74, 6) is -0.388. The summed E-state index contributed by atoms with van der Waals surface area (Å²) < 4.78 is 3.03. The first-order chi connectivity index (χ1) is 21.8. The summed E-state index contributed by atoms with van der Waals surface area (Å²) in [6.07, 6.45) is 2.84. The Morgan fingerprint density at radius 3 is 1.69 bits per heavy atom. The van der Waals surface area contributed by atoms with Crippen LogP contribution in [0.1, 0.15) is 33.4 Å². The Kier molecular flexibility index (Phi) is 6.16. The Hall–Kier alpha value is -6.72. The molecule has 3 N–H and O–H groups in total. The van der Waals surface area contributed by atoms with E-state index in [0.29, 0.717) is 72.4 Å². The third kappa shape index (κ3) is 4.11. The third-order valence-electron chi connectivity index (χ3n) is 7.89. The molecule has 7 aromatic rings. The zero-order valence-electron chi connectivity index (χ0n) is 23.9. The molecule has 0 amide bonds. The number of rotatable bonds is 4. The van der Waals surface area contributed by atoms with E-state index < -0.39 is 0 Å². The van der Waals surface area contributed by atoms with Crippen LogP contribution in [-0.2, 0) is 0 Å². The van der Waals surface area contributed by atoms with Crippen molar-refractivity contribution in [1.29, 1.82) is 10.5 Å². The predicted molar refractivity (Wildman–Crippen MR) is 170 cm³/mol. The molecule has 11 nitrogen and oxygen atoms in total. The molecule has 0 atom stereocenters. The molecule has 7 rings (SSSR count). The van der Waals surface area contributed by atoms with Crippen molar-refractivity contribution in [3.05, 3.63) is 100 Å². The van der Waals surface area contributed by atoms with E-state index in [1.165, 1.54) is 33.4 Å². The maximum absolute atomic E-state index is 11.3. The van der Waals surface area contributed by atoms with Crippen LogP contribution in [0, 0.1) is 36.5 Å². The molecular formula is C34H22N8O3. The third-order valence-corrected chi connectivity index (χ3v) is 7.89. The molecule has 11 heteroatoms. The van der Waals surface area contributed by atoms with Gasteiger partial charge >= 0.3 is 0 Å². The Bertz CT molecular complexity index is 2530. The van der Waals surface area contributed by atoms with Crippen LogP contribution >= 0.6 is 0 Å². The second kappa shape index (κ2) is 10.2. The molecule has 0 spiro atoms. The number of benzene rings is 3. The molecule has 4 aromatic heterocycles. The van der Waals surface area contributed by atoms with E-state index in [2.05, 4.69) is 32.1 Å². The second-order valence-electron chi connectivity index (χ2n) is 10.4. The molecule has 45 heavy (non-hydrogen) atoms. The van der Waals surface area contributed by atoms with Gasteiger partial charge in [0.15, 0.2) is 11.3 Å². The van der Waals surface area contributed by atoms with Crippen LogP contribution in [0.5, 0.6) is 17.5 Å². The number of fused-ring (bicyclic) bond motifs is 6. The van der Waals surface area contributed by atoms with Crippen LogP contribution in [-0.4, -0.2) is 46.5 Å². The van der Waals surface area contributed by atoms with Gasteiger partial charge in [-0.2, -0.15) is 10.5 Å². The summed E-state index contributed by atoms with van der Waals surface area (Å²) in [5, 5.41) is 52.9. The fraction of sp³-hybridized carbons (Fsp3) is 0.0588. The number of hydrogen-bond donors (Lipinski definition) is 3. The summed E-state index contributed by atoms with van der Waals surface area (Å²) in [7, 11) is 0. The van der Waals surface area contributed by atoms with E-state index in [0.717, 1.165) is 0 Å². The molecule has 216 valence electrons. The van der Waals surface area contributed by atoms with Crippen molar-refractivity contribution in [2.45, 2.75) is 13.8 Å². The smallest absolute Gasteiger partial charge is 0.206 e. The Morgan fingerprint density at radius 1 is 0.689 bits per heavy atom. The highest BCUT2D eigenvalue weighted by molar-refractivity contribution is 5.94. The lowest BCUT2D eigenvalue weighted by Crippen LogP contribution is -2.01. The number of para-hydroxylation sites is 4. The van der Waals surface area contributed by atoms with Crippen molar-refractivity contribution in [2.24, 2.45) is 9.98 Å². The maximum Gasteiger partial charge on any atom is 0.206 e. The number of nitriles is 2. The Balaban J connectivity index is 1.31. The lowest BCUT2D eigenvalue weighted by atomic mass is 10.1. The minimum Gasteiger partial charge on any atom is -0.506 e. The summed E-state index contributed by atoms with van der Waals surface area (Å²) in [6, 6.07) is 23.4. The molecule has 0 aliphatic carbocycles. The molecule has 3 aromatic carbocycles. The topological polar surface area (TPSA) is 168 Å². The number of imidazole rings is 2. The first kappa shape index (κ1) is 27.1. The molecule has 0 aliphatic heterocycles. The molecule has 0 radical (unpaired) electrons. The van der Waals surface area contributed by atoms with Gasteiger partial charge in [-0.05, 0) is 67.4 Å². The number of phenolic OH excluding ortho intramolecular Hbond substituents is 1. The summed E-state index contributed by atoms with van der Waals surface area (Å²) in [6.45, 7) is 3.42. The number of hydrogen-bond acceptors (Lipinski definition) is 9. The molecule has 0 unspecified atom stereocenters. The van der Waals surface area contributed by atoms with E-state index in [4.69, 9.17) is 0 Å². The summed E-state index contributed by atoms with van der Waals surface area (Å²) in [5.41, 5.74) is 6.05. The lowest BCUT2D eigenvalue weighted by Gasteiger charge is -2.10. The van der Waals surface area contributed by atoms with Gasteiger partial charge < -0.3 is 15.3 Å². The highest BCUT2D eigenvalue weighted by atomic mass is 16.3. The van der Waals surface area contributed by atoms with Crippen molar-refractivity contribution in [1.82, 2.24) is 18.8 Å². The normalized spacial score (nSPS) is 11.8. The zero-order valence-corrected chi connectivity index (χ0v) is 23.9. The van der Waals surface area contributed by atoms with Crippen LogP contribution in [0.15, 0.2) is 76.7 Å². The monoisotopic (exact) mass is 590 g/mol. The number of pyridine rings is 2. The van der Waals surface area contributed by atoms with Crippen molar-refractivity contribution in [3.63, 3.8) is 0 Å². The van der Waals surface area contributed by atoms with E-state index in [1.54, 1.807) is 32.0 Å². The highest BCUT2D eigenvalue weighted by Crippen LogP contribution is 2.35. The van der Waals surface area contributed by atoms with Crippen LogP contribution in [0.25, 0.3) is 33.4 Å². The molecule has 0 saturated carbocycles. The van der Waals surface area contributed by atoms with Gasteiger partial charge in [0.25, 0.3) is 0 Å². The van der Waals surface area contributed by atoms with Crippen LogP contribution in [0.2, 0.25) is 0 Å². The van der Waals surface area contributed by atoms with Gasteiger partial charge in [0.1, 0.15) is 23.6 Å². The van der Waals surface area contributed by atoms with Gasteiger partial charge in [-0.1, -0.05) is 24.3 Å². The molecule has 0 bridgehead atoms. The van der Waals surface area contributed by atoms with Gasteiger partial charge in [0.2, 0.25) is 11.8 Å². The van der Waals surface area contributed by atoms with Crippen LogP contribution < -0.4 is 0 Å². The van der Waals surface area contributed by atoms with Crippen LogP contribution in [0.4, 0.5) is 11.4 Å². The van der Waals surface area contributed by atoms with Crippen LogP contribution in [0.3, 0.4) is 0 Å². The molecule has 0 aliphatic rings. The molecule has 0 saturated heterocycles. The molecule has 4 heterocycles. The van der Waals surface area contributed by atoms with Crippen molar-refractivity contribution >= 4 is 57.2 Å². The zero-order chi connectivity index (χ0) is 31.4. The Morgan fingerprint density at radius 2 is 1.18 bits per heavy atom. The SMILES string of the molecule is Cc1c(C=Nc2ccc(O)c(N=Cc3c(C)c(C#N)c4nc5ccccc5n4c3O)c2)c(O)n2c(nc3ccccc32)c1C#N. The maximum atomic E-state index is 11.3. The minimum absolute atomic E-state index is 0.113. The first-order valence-electron chi connectivity index (χ1n) is 13.8. The molecule has 0 fully saturated rings. The first-order valence-corrected chi connectivity index (χ1v) is 13.8. The minimum atomic E-state index is -0.144. The highest BCUT2D eigenvalue weighted by Gasteiger charge is 2.21. The second-order valence-corrected chi connectivity index (χ2v) is 10.4. The van der Waals surface area contributed by atoms with Crippen molar-refractivity contribution in [2.75, 3.05) is 0 Å². The molecular weight excluding hydrogens is 568 g/mol. The van der Waals surface area contributed by atoms with Gasteiger partial charge in [0, 0.05) is 12.4 Å². The average Bonchev–Trinajstić information content (AvgIpc) is 3.62. The number of aromatic hydroxyl groups is 3. The van der Waals surface area contributed by atoms with Gasteiger partial charge in [-0.25, -0.2) is 9.97 Å². The number of phenols is 1. The average molecular weight is 591 g/mol. The van der Waals surface area contributed by atoms with E-state index >= 15 is 0 Å². The standard InChI is InChI=1S/C34H22N8O3/c1-18-21(14-35)31-39-25-7-3-5-9-28(25)41(31)33(44)23(18)16-37-20-11-12-30(43)27(13-20)38-17-24-19(2)22(15-36)32-40-26-8-4-6-10-29(26)42(32)34(24)45/h3-13,16-17,43-45H,1-2H3. The summed E-state index contributed by atoms with van der Waals surface area (Å²) in [4.78, 5) is 18.0. The fourth-order valence-electron chi connectivity index (χ4n) is 5.54. The van der Waals surface area contributed by atoms with E-state index in [9.17, 15) is 25.8 Å². The number of nitrogens with zero attached hydrogens (tertiary/aromatic N) is 8. The lowest BCUT2D eigenvalue weighted by molar-refractivity contribution is 0.446. The van der Waals surface area contributed by atoms with Gasteiger partial charge in [-0.15, -0.1) is 0 Å². The van der Waals surface area contributed by atoms with E-state index in [-0.39, 0.29) is 23.2 Å². The van der Waals surface area contributed by atoms with E-state index in [1.807, 2.05) is 36.4 Å².